The molecule has 0 fully saturated rings. The van der Waals surface area contributed by atoms with Crippen LogP contribution in [0.5, 0.6) is 0 Å². The average Bonchev–Trinajstić information content (AvgIpc) is 2.99. The summed E-state index contributed by atoms with van der Waals surface area (Å²) in [4.78, 5) is 0. The fourth-order valence-corrected chi connectivity index (χ4v) is 1.77. The molecule has 0 spiro atoms. The van der Waals surface area contributed by atoms with Crippen molar-refractivity contribution in [2.45, 2.75) is 13.0 Å². The van der Waals surface area contributed by atoms with Crippen LogP contribution < -0.4 is 0 Å². The van der Waals surface area contributed by atoms with E-state index in [0.717, 1.165) is 6.42 Å². The Labute approximate surface area is 133 Å². The Bertz CT molecular complexity index is 354. The number of ether oxygens (including phenoxy) is 1. The fraction of sp³-hybridized carbons (Fsp3) is 0.286. The molecule has 2 aromatic rings. The molecular formula is C14H17FeIO2. The molecule has 0 saturated carbocycles. The molecule has 0 aliphatic carbocycles. The summed E-state index contributed by atoms with van der Waals surface area (Å²) in [6.07, 6.45) is 0.720. The molecule has 0 radical (unpaired) electrons. The largest absolute Gasteiger partial charge is 2.00 e. The van der Waals surface area contributed by atoms with Gasteiger partial charge in [-0.1, -0.05) is 22.6 Å². The van der Waals surface area contributed by atoms with E-state index in [1.165, 1.54) is 9.13 Å². The van der Waals surface area contributed by atoms with Crippen molar-refractivity contribution in [1.29, 1.82) is 0 Å². The quantitative estimate of drug-likeness (QED) is 0.361. The minimum absolute atomic E-state index is 0. The maximum atomic E-state index is 8.50. The van der Waals surface area contributed by atoms with Gasteiger partial charge in [0.2, 0.25) is 0 Å². The third-order valence-corrected chi connectivity index (χ3v) is 3.16. The molecule has 2 nitrogen and oxygen atoms in total. The first kappa shape index (κ1) is 17.9. The summed E-state index contributed by atoms with van der Waals surface area (Å²) in [6.45, 7) is 1.50. The molecule has 0 bridgehead atoms. The molecule has 0 atom stereocenters. The maximum Gasteiger partial charge on any atom is 2.00 e. The minimum atomic E-state index is 0. The first-order valence-electron chi connectivity index (χ1n) is 5.60. The Hall–Kier alpha value is -0.131. The molecule has 2 aromatic carbocycles. The van der Waals surface area contributed by atoms with Gasteiger partial charge in [0, 0.05) is 19.8 Å². The van der Waals surface area contributed by atoms with E-state index in [-0.39, 0.29) is 23.7 Å². The molecule has 0 aromatic heterocycles. The van der Waals surface area contributed by atoms with Gasteiger partial charge in [-0.05, 0) is 6.42 Å². The molecule has 100 valence electrons. The Kier molecular flexibility index (Phi) is 11.8. The van der Waals surface area contributed by atoms with Gasteiger partial charge < -0.3 is 9.84 Å². The van der Waals surface area contributed by atoms with Crippen LogP contribution in [0, 0.1) is 3.57 Å². The van der Waals surface area contributed by atoms with Crippen LogP contribution in [0.1, 0.15) is 12.0 Å². The van der Waals surface area contributed by atoms with Crippen molar-refractivity contribution in [1.82, 2.24) is 0 Å². The van der Waals surface area contributed by atoms with Crippen molar-refractivity contribution >= 4 is 22.6 Å². The number of aliphatic hydroxyl groups is 1. The summed E-state index contributed by atoms with van der Waals surface area (Å²) < 4.78 is 6.58. The van der Waals surface area contributed by atoms with E-state index in [9.17, 15) is 0 Å². The summed E-state index contributed by atoms with van der Waals surface area (Å²) in [5.41, 5.74) is 1.23. The molecule has 2 rings (SSSR count). The van der Waals surface area contributed by atoms with E-state index < -0.39 is 0 Å². The second-order valence-corrected chi connectivity index (χ2v) is 4.65. The topological polar surface area (TPSA) is 29.5 Å². The molecule has 18 heavy (non-hydrogen) atoms. The van der Waals surface area contributed by atoms with Crippen LogP contribution >= 0.6 is 22.6 Å². The molecule has 0 unspecified atom stereocenters. The molecule has 0 amide bonds. The van der Waals surface area contributed by atoms with E-state index in [1.54, 1.807) is 0 Å². The zero-order valence-corrected chi connectivity index (χ0v) is 13.3. The van der Waals surface area contributed by atoms with Gasteiger partial charge in [-0.2, -0.15) is 24.3 Å². The van der Waals surface area contributed by atoms with Crippen LogP contribution in [-0.2, 0) is 28.4 Å². The normalized spacial score (nSPS) is 9.22. The van der Waals surface area contributed by atoms with Crippen molar-refractivity contribution in [3.05, 3.63) is 57.7 Å². The van der Waals surface area contributed by atoms with Gasteiger partial charge in [0.05, 0.1) is 0 Å². The van der Waals surface area contributed by atoms with Gasteiger partial charge in [-0.15, -0.1) is 9.13 Å². The van der Waals surface area contributed by atoms with E-state index in [1.807, 2.05) is 36.4 Å². The summed E-state index contributed by atoms with van der Waals surface area (Å²) in [5, 5.41) is 8.50. The van der Waals surface area contributed by atoms with E-state index in [2.05, 4.69) is 34.7 Å². The van der Waals surface area contributed by atoms with E-state index >= 15 is 0 Å². The number of hydrogen-bond donors (Lipinski definition) is 1. The van der Waals surface area contributed by atoms with Gasteiger partial charge in [0.1, 0.15) is 0 Å². The van der Waals surface area contributed by atoms with E-state index in [0.29, 0.717) is 13.2 Å². The number of hydrogen-bond acceptors (Lipinski definition) is 2. The van der Waals surface area contributed by atoms with Crippen LogP contribution in [0.3, 0.4) is 0 Å². The predicted octanol–water partition coefficient (Wildman–Crippen LogP) is 3.31. The van der Waals surface area contributed by atoms with E-state index in [4.69, 9.17) is 9.84 Å². The monoisotopic (exact) mass is 400 g/mol. The summed E-state index contributed by atoms with van der Waals surface area (Å²) in [7, 11) is 0. The van der Waals surface area contributed by atoms with Gasteiger partial charge >= 0.3 is 17.1 Å². The molecule has 0 aliphatic rings. The summed E-state index contributed by atoms with van der Waals surface area (Å²) >= 11 is 2.29. The second kappa shape index (κ2) is 11.9. The summed E-state index contributed by atoms with van der Waals surface area (Å²) in [5.74, 6) is 0. The van der Waals surface area contributed by atoms with Crippen LogP contribution in [0.4, 0.5) is 0 Å². The molecule has 0 saturated heterocycles. The van der Waals surface area contributed by atoms with Crippen molar-refractivity contribution in [2.24, 2.45) is 0 Å². The van der Waals surface area contributed by atoms with Crippen molar-refractivity contribution in [3.8, 4) is 0 Å². The third kappa shape index (κ3) is 8.06. The summed E-state index contributed by atoms with van der Waals surface area (Å²) in [6, 6.07) is 16.1. The Balaban J connectivity index is 0.000000405. The first-order chi connectivity index (χ1) is 8.34. The Morgan fingerprint density at radius 1 is 1.28 bits per heavy atom. The SMILES string of the molecule is OCCCOC[c-]1cccc1I.[Fe+2].c1cc[cH-]c1. The number of rotatable bonds is 5. The predicted molar refractivity (Wildman–Crippen MR) is 78.1 cm³/mol. The van der Waals surface area contributed by atoms with Crippen LogP contribution in [0.15, 0.2) is 48.5 Å². The van der Waals surface area contributed by atoms with Crippen molar-refractivity contribution < 1.29 is 26.9 Å². The minimum Gasteiger partial charge on any atom is -0.396 e. The van der Waals surface area contributed by atoms with Crippen molar-refractivity contribution in [3.63, 3.8) is 0 Å². The molecule has 4 heteroatoms. The smallest absolute Gasteiger partial charge is 0.396 e. The van der Waals surface area contributed by atoms with Gasteiger partial charge in [-0.25, -0.2) is 24.3 Å². The zero-order valence-electron chi connectivity index (χ0n) is 10.0. The van der Waals surface area contributed by atoms with Crippen molar-refractivity contribution in [2.75, 3.05) is 13.2 Å². The van der Waals surface area contributed by atoms with Crippen LogP contribution in [0.25, 0.3) is 0 Å². The maximum absolute atomic E-state index is 8.50. The van der Waals surface area contributed by atoms with Crippen LogP contribution in [0.2, 0.25) is 0 Å². The number of aliphatic hydroxyl groups excluding tert-OH is 1. The number of halogens is 1. The Morgan fingerprint density at radius 2 is 2.00 bits per heavy atom. The molecular weight excluding hydrogens is 383 g/mol. The van der Waals surface area contributed by atoms with Gasteiger partial charge in [0.25, 0.3) is 0 Å². The van der Waals surface area contributed by atoms with Crippen LogP contribution in [-0.4, -0.2) is 18.3 Å². The second-order valence-electron chi connectivity index (χ2n) is 3.49. The molecule has 0 heterocycles. The fourth-order valence-electron chi connectivity index (χ4n) is 1.22. The zero-order chi connectivity index (χ0) is 12.3. The standard InChI is InChI=1S/C9H12IO2.C5H5.Fe/c10-9-4-1-3-8(9)7-12-6-2-5-11;1-2-4-5-3-1;/h1,3-4,11H,2,5-7H2;1-5H;/q2*-1;+2. The van der Waals surface area contributed by atoms with Gasteiger partial charge in [0.15, 0.2) is 0 Å². The average molecular weight is 400 g/mol. The molecule has 0 aliphatic heterocycles. The first-order valence-corrected chi connectivity index (χ1v) is 6.68. The third-order valence-electron chi connectivity index (χ3n) is 2.11. The Morgan fingerprint density at radius 3 is 2.44 bits per heavy atom. The van der Waals surface area contributed by atoms with Gasteiger partial charge in [-0.3, -0.25) is 0 Å². The molecule has 1 N–H and O–H groups in total.